The molecule has 48 valence electrons. The molecule has 0 aromatic heterocycles. The number of hydrogen-bond acceptors (Lipinski definition) is 2. The van der Waals surface area contributed by atoms with Crippen molar-refractivity contribution in [3.8, 4) is 0 Å². The Hall–Kier alpha value is -0.760. The van der Waals surface area contributed by atoms with E-state index in [0.717, 1.165) is 0 Å². The third kappa shape index (κ3) is 1.13. The summed E-state index contributed by atoms with van der Waals surface area (Å²) in [6.07, 6.45) is 3.29. The number of halogens is 1. The maximum Gasteiger partial charge on any atom is 0.181 e. The zero-order valence-corrected chi connectivity index (χ0v) is 5.35. The maximum atomic E-state index is 10.6. The molecule has 0 spiro atoms. The molecule has 1 N–H and O–H groups in total. The van der Waals surface area contributed by atoms with Gasteiger partial charge >= 0.3 is 0 Å². The second-order valence-corrected chi connectivity index (χ2v) is 2.11. The number of rotatable bonds is 0. The van der Waals surface area contributed by atoms with E-state index in [0.29, 0.717) is 6.42 Å². The Morgan fingerprint density at radius 1 is 1.67 bits per heavy atom. The topological polar surface area (TPSA) is 37.3 Å². The summed E-state index contributed by atoms with van der Waals surface area (Å²) < 4.78 is 0. The first kappa shape index (κ1) is 6.36. The second kappa shape index (κ2) is 2.23. The van der Waals surface area contributed by atoms with E-state index in [1.165, 1.54) is 6.08 Å². The molecule has 0 saturated carbocycles. The maximum absolute atomic E-state index is 10.6. The lowest BCUT2D eigenvalue weighted by Gasteiger charge is -2.01. The largest absolute Gasteiger partial charge is 0.506 e. The van der Waals surface area contributed by atoms with Crippen LogP contribution in [0.3, 0.4) is 0 Å². The van der Waals surface area contributed by atoms with Gasteiger partial charge in [-0.25, -0.2) is 0 Å². The van der Waals surface area contributed by atoms with Crippen molar-refractivity contribution < 1.29 is 9.90 Å². The van der Waals surface area contributed by atoms with Gasteiger partial charge in [0.2, 0.25) is 0 Å². The van der Waals surface area contributed by atoms with Gasteiger partial charge in [0.15, 0.2) is 5.78 Å². The minimum Gasteiger partial charge on any atom is -0.506 e. The standard InChI is InChI=1S/C6H5ClO2/c7-6-4(8)2-1-3-5(6)9/h1-2,8H,3H2. The molecular formula is C6H5ClO2. The molecule has 0 radical (unpaired) electrons. The third-order valence-electron chi connectivity index (χ3n) is 1.05. The average molecular weight is 145 g/mol. The summed E-state index contributed by atoms with van der Waals surface area (Å²) in [5, 5.41) is 8.73. The van der Waals surface area contributed by atoms with Crippen molar-refractivity contribution in [2.45, 2.75) is 6.42 Å². The molecule has 0 bridgehead atoms. The highest BCUT2D eigenvalue weighted by Gasteiger charge is 2.12. The van der Waals surface area contributed by atoms with Crippen molar-refractivity contribution in [3.05, 3.63) is 22.9 Å². The third-order valence-corrected chi connectivity index (χ3v) is 1.45. The summed E-state index contributed by atoms with van der Waals surface area (Å²) in [6, 6.07) is 0. The van der Waals surface area contributed by atoms with E-state index in [9.17, 15) is 4.79 Å². The van der Waals surface area contributed by atoms with Crippen molar-refractivity contribution in [1.82, 2.24) is 0 Å². The molecule has 9 heavy (non-hydrogen) atoms. The van der Waals surface area contributed by atoms with Gasteiger partial charge in [0, 0.05) is 6.42 Å². The molecule has 1 aliphatic rings. The van der Waals surface area contributed by atoms with Crippen molar-refractivity contribution in [2.75, 3.05) is 0 Å². The van der Waals surface area contributed by atoms with Gasteiger partial charge in [0.25, 0.3) is 0 Å². The smallest absolute Gasteiger partial charge is 0.181 e. The van der Waals surface area contributed by atoms with Crippen LogP contribution in [0, 0.1) is 0 Å². The van der Waals surface area contributed by atoms with Gasteiger partial charge in [-0.1, -0.05) is 17.7 Å². The van der Waals surface area contributed by atoms with Gasteiger partial charge in [-0.15, -0.1) is 0 Å². The summed E-state index contributed by atoms with van der Waals surface area (Å²) in [4.78, 5) is 10.6. The number of ketones is 1. The molecule has 0 aromatic carbocycles. The first-order valence-electron chi connectivity index (χ1n) is 2.50. The molecule has 0 aromatic rings. The first-order chi connectivity index (χ1) is 4.22. The van der Waals surface area contributed by atoms with E-state index >= 15 is 0 Å². The molecule has 0 unspecified atom stereocenters. The number of aliphatic hydroxyl groups is 1. The summed E-state index contributed by atoms with van der Waals surface area (Å²) in [7, 11) is 0. The van der Waals surface area contributed by atoms with Crippen LogP contribution in [0.15, 0.2) is 22.9 Å². The summed E-state index contributed by atoms with van der Waals surface area (Å²) in [5.41, 5.74) is 0. The van der Waals surface area contributed by atoms with Crippen molar-refractivity contribution in [3.63, 3.8) is 0 Å². The van der Waals surface area contributed by atoms with Crippen LogP contribution in [0.4, 0.5) is 0 Å². The van der Waals surface area contributed by atoms with Gasteiger partial charge in [0.1, 0.15) is 10.8 Å². The minimum atomic E-state index is -0.225. The van der Waals surface area contributed by atoms with E-state index in [1.807, 2.05) is 0 Å². The van der Waals surface area contributed by atoms with Crippen molar-refractivity contribution in [2.24, 2.45) is 0 Å². The number of carbonyl (C=O) groups excluding carboxylic acids is 1. The first-order valence-corrected chi connectivity index (χ1v) is 2.88. The SMILES string of the molecule is O=C1CC=CC(O)=C1Cl. The van der Waals surface area contributed by atoms with Crippen LogP contribution in [0.1, 0.15) is 6.42 Å². The van der Waals surface area contributed by atoms with E-state index in [1.54, 1.807) is 6.08 Å². The highest BCUT2D eigenvalue weighted by Crippen LogP contribution is 2.16. The van der Waals surface area contributed by atoms with Gasteiger partial charge in [0.05, 0.1) is 0 Å². The van der Waals surface area contributed by atoms with Gasteiger partial charge in [-0.3, -0.25) is 4.79 Å². The van der Waals surface area contributed by atoms with Crippen LogP contribution in [0.5, 0.6) is 0 Å². The van der Waals surface area contributed by atoms with Gasteiger partial charge in [-0.05, 0) is 6.08 Å². The van der Waals surface area contributed by atoms with E-state index in [2.05, 4.69) is 0 Å². The summed E-state index contributed by atoms with van der Waals surface area (Å²) in [6.45, 7) is 0. The molecule has 3 heteroatoms. The lowest BCUT2D eigenvalue weighted by molar-refractivity contribution is -0.114. The Kier molecular flexibility index (Phi) is 1.58. The predicted molar refractivity (Wildman–Crippen MR) is 34.3 cm³/mol. The fraction of sp³-hybridized carbons (Fsp3) is 0.167. The molecule has 2 nitrogen and oxygen atoms in total. The van der Waals surface area contributed by atoms with Crippen molar-refractivity contribution in [1.29, 1.82) is 0 Å². The Morgan fingerprint density at radius 2 is 2.33 bits per heavy atom. The highest BCUT2D eigenvalue weighted by atomic mass is 35.5. The van der Waals surface area contributed by atoms with Crippen LogP contribution in [-0.4, -0.2) is 10.9 Å². The molecule has 0 fully saturated rings. The van der Waals surface area contributed by atoms with Crippen LogP contribution < -0.4 is 0 Å². The average Bonchev–Trinajstić information content (AvgIpc) is 1.83. The summed E-state index contributed by atoms with van der Waals surface area (Å²) >= 11 is 5.35. The molecular weight excluding hydrogens is 140 g/mol. The van der Waals surface area contributed by atoms with Crippen LogP contribution in [-0.2, 0) is 4.79 Å². The molecule has 1 aliphatic carbocycles. The van der Waals surface area contributed by atoms with Crippen molar-refractivity contribution >= 4 is 17.4 Å². The number of aliphatic hydroxyl groups excluding tert-OH is 1. The fourth-order valence-electron chi connectivity index (χ4n) is 0.583. The zero-order chi connectivity index (χ0) is 6.85. The number of Topliss-reactive ketones (excluding diaryl/α,β-unsaturated/α-hetero) is 1. The Bertz CT molecular complexity index is 203. The molecule has 0 heterocycles. The van der Waals surface area contributed by atoms with Crippen LogP contribution >= 0.6 is 11.6 Å². The number of hydrogen-bond donors (Lipinski definition) is 1. The monoisotopic (exact) mass is 144 g/mol. The molecule has 0 aliphatic heterocycles. The van der Waals surface area contributed by atoms with E-state index in [4.69, 9.17) is 16.7 Å². The number of carbonyl (C=O) groups is 1. The van der Waals surface area contributed by atoms with Crippen LogP contribution in [0.2, 0.25) is 0 Å². The Morgan fingerprint density at radius 3 is 2.78 bits per heavy atom. The Balaban J connectivity index is 2.97. The fourth-order valence-corrected chi connectivity index (χ4v) is 0.723. The lowest BCUT2D eigenvalue weighted by atomic mass is 10.1. The normalized spacial score (nSPS) is 19.0. The molecule has 0 saturated heterocycles. The van der Waals surface area contributed by atoms with Crippen LogP contribution in [0.25, 0.3) is 0 Å². The zero-order valence-electron chi connectivity index (χ0n) is 4.60. The lowest BCUT2D eigenvalue weighted by Crippen LogP contribution is -2.02. The van der Waals surface area contributed by atoms with E-state index < -0.39 is 0 Å². The molecule has 0 amide bonds. The minimum absolute atomic E-state index is 0.0579. The number of allylic oxidation sites excluding steroid dienone is 3. The summed E-state index contributed by atoms with van der Waals surface area (Å²) in [5.74, 6) is -0.357. The Labute approximate surface area is 57.4 Å². The molecule has 0 atom stereocenters. The highest BCUT2D eigenvalue weighted by molar-refractivity contribution is 6.43. The quantitative estimate of drug-likeness (QED) is 0.560. The van der Waals surface area contributed by atoms with E-state index in [-0.39, 0.29) is 16.6 Å². The predicted octanol–water partition coefficient (Wildman–Crippen LogP) is 1.52. The molecule has 1 rings (SSSR count). The second-order valence-electron chi connectivity index (χ2n) is 1.73. The van der Waals surface area contributed by atoms with Gasteiger partial charge in [-0.2, -0.15) is 0 Å². The van der Waals surface area contributed by atoms with Gasteiger partial charge < -0.3 is 5.11 Å².